The Kier molecular flexibility index (Phi) is 6.96. The van der Waals surface area contributed by atoms with E-state index in [9.17, 15) is 13.2 Å². The topological polar surface area (TPSA) is 90.5 Å². The van der Waals surface area contributed by atoms with E-state index in [1.165, 1.54) is 0 Å². The van der Waals surface area contributed by atoms with Gasteiger partial charge in [0.25, 0.3) is 0 Å². The lowest BCUT2D eigenvalue weighted by molar-refractivity contribution is 0.252. The van der Waals surface area contributed by atoms with Crippen LogP contribution >= 0.6 is 15.9 Å². The SMILES string of the molecule is CN(C)c1cccc2c(S(=O)(=O)NCCNC(=O)Nc3ccc(Br)cc3)cccc12. The number of amides is 2. The zero-order chi connectivity index (χ0) is 21.7. The first-order valence-electron chi connectivity index (χ1n) is 9.27. The summed E-state index contributed by atoms with van der Waals surface area (Å²) in [7, 11) is 0.0954. The van der Waals surface area contributed by atoms with Crippen molar-refractivity contribution in [3.63, 3.8) is 0 Å². The molecule has 0 aliphatic carbocycles. The van der Waals surface area contributed by atoms with Crippen LogP contribution < -0.4 is 20.3 Å². The first-order valence-corrected chi connectivity index (χ1v) is 11.5. The number of benzene rings is 3. The predicted octanol–water partition coefficient (Wildman–Crippen LogP) is 3.77. The number of anilines is 2. The van der Waals surface area contributed by atoms with Crippen LogP contribution in [0, 0.1) is 0 Å². The van der Waals surface area contributed by atoms with E-state index in [0.717, 1.165) is 15.5 Å². The van der Waals surface area contributed by atoms with Gasteiger partial charge in [0.2, 0.25) is 10.0 Å². The molecule has 3 aromatic carbocycles. The molecule has 0 heterocycles. The first-order chi connectivity index (χ1) is 14.3. The Labute approximate surface area is 184 Å². The minimum Gasteiger partial charge on any atom is -0.377 e. The van der Waals surface area contributed by atoms with Gasteiger partial charge in [-0.2, -0.15) is 0 Å². The zero-order valence-corrected chi connectivity index (χ0v) is 19.0. The van der Waals surface area contributed by atoms with Crippen LogP contribution in [0.1, 0.15) is 0 Å². The molecular weight excluding hydrogens is 468 g/mol. The molecule has 3 rings (SSSR count). The van der Waals surface area contributed by atoms with Crippen LogP contribution in [-0.4, -0.2) is 41.6 Å². The predicted molar refractivity (Wildman–Crippen MR) is 125 cm³/mol. The lowest BCUT2D eigenvalue weighted by Crippen LogP contribution is -2.36. The third-order valence-corrected chi connectivity index (χ3v) is 6.48. The number of halogens is 1. The number of urea groups is 1. The second kappa shape index (κ2) is 9.46. The number of sulfonamides is 1. The summed E-state index contributed by atoms with van der Waals surface area (Å²) >= 11 is 3.33. The first kappa shape index (κ1) is 22.1. The van der Waals surface area contributed by atoms with Gasteiger partial charge in [-0.1, -0.05) is 40.2 Å². The second-order valence-corrected chi connectivity index (χ2v) is 9.46. The molecule has 0 spiro atoms. The molecule has 9 heteroatoms. The maximum Gasteiger partial charge on any atom is 0.319 e. The Balaban J connectivity index is 1.62. The molecule has 0 aliphatic rings. The number of hydrogen-bond acceptors (Lipinski definition) is 4. The molecular formula is C21H23BrN4O3S. The number of fused-ring (bicyclic) bond motifs is 1. The normalized spacial score (nSPS) is 11.3. The average molecular weight is 491 g/mol. The summed E-state index contributed by atoms with van der Waals surface area (Å²) in [5, 5.41) is 6.83. The number of carbonyl (C=O) groups is 1. The molecule has 0 bridgehead atoms. The summed E-state index contributed by atoms with van der Waals surface area (Å²) < 4.78 is 29.1. The molecule has 0 radical (unpaired) electrons. The van der Waals surface area contributed by atoms with Crippen molar-refractivity contribution in [1.82, 2.24) is 10.0 Å². The quantitative estimate of drug-likeness (QED) is 0.439. The molecule has 30 heavy (non-hydrogen) atoms. The smallest absolute Gasteiger partial charge is 0.319 e. The van der Waals surface area contributed by atoms with E-state index in [-0.39, 0.29) is 18.0 Å². The van der Waals surface area contributed by atoms with Gasteiger partial charge < -0.3 is 15.5 Å². The van der Waals surface area contributed by atoms with Crippen LogP contribution in [0.5, 0.6) is 0 Å². The maximum absolute atomic E-state index is 12.8. The van der Waals surface area contributed by atoms with E-state index < -0.39 is 16.1 Å². The van der Waals surface area contributed by atoms with Gasteiger partial charge in [-0.15, -0.1) is 0 Å². The average Bonchev–Trinajstić information content (AvgIpc) is 2.72. The van der Waals surface area contributed by atoms with Gasteiger partial charge in [-0.05, 0) is 36.4 Å². The molecule has 2 amide bonds. The fourth-order valence-electron chi connectivity index (χ4n) is 3.04. The molecule has 158 valence electrons. The highest BCUT2D eigenvalue weighted by Gasteiger charge is 2.18. The van der Waals surface area contributed by atoms with Crippen LogP contribution in [0.2, 0.25) is 0 Å². The van der Waals surface area contributed by atoms with Crippen molar-refractivity contribution in [1.29, 1.82) is 0 Å². The van der Waals surface area contributed by atoms with Crippen LogP contribution in [0.4, 0.5) is 16.2 Å². The lowest BCUT2D eigenvalue weighted by atomic mass is 10.1. The zero-order valence-electron chi connectivity index (χ0n) is 16.6. The Morgan fingerprint density at radius 1 is 0.933 bits per heavy atom. The number of nitrogens with zero attached hydrogens (tertiary/aromatic N) is 1. The summed E-state index contributed by atoms with van der Waals surface area (Å²) in [6, 6.07) is 17.5. The van der Waals surface area contributed by atoms with E-state index in [2.05, 4.69) is 31.3 Å². The molecule has 0 fully saturated rings. The van der Waals surface area contributed by atoms with Crippen LogP contribution in [0.3, 0.4) is 0 Å². The highest BCUT2D eigenvalue weighted by molar-refractivity contribution is 9.10. The second-order valence-electron chi connectivity index (χ2n) is 6.81. The Morgan fingerprint density at radius 2 is 1.60 bits per heavy atom. The lowest BCUT2D eigenvalue weighted by Gasteiger charge is -2.17. The summed E-state index contributed by atoms with van der Waals surface area (Å²) in [6.07, 6.45) is 0. The van der Waals surface area contributed by atoms with E-state index >= 15 is 0 Å². The van der Waals surface area contributed by atoms with Crippen molar-refractivity contribution in [3.8, 4) is 0 Å². The maximum atomic E-state index is 12.8. The molecule has 0 aromatic heterocycles. The third-order valence-electron chi connectivity index (χ3n) is 4.44. The van der Waals surface area contributed by atoms with Gasteiger partial charge >= 0.3 is 6.03 Å². The molecule has 3 N–H and O–H groups in total. The van der Waals surface area contributed by atoms with Crippen molar-refractivity contribution in [2.24, 2.45) is 0 Å². The fourth-order valence-corrected chi connectivity index (χ4v) is 4.55. The number of nitrogens with one attached hydrogen (secondary N) is 3. The summed E-state index contributed by atoms with van der Waals surface area (Å²) in [6.45, 7) is 0.217. The van der Waals surface area contributed by atoms with Crippen molar-refractivity contribution >= 4 is 54.1 Å². The number of carbonyl (C=O) groups excluding carboxylic acids is 1. The van der Waals surface area contributed by atoms with Gasteiger partial charge in [0.05, 0.1) is 4.90 Å². The van der Waals surface area contributed by atoms with Crippen molar-refractivity contribution < 1.29 is 13.2 Å². The molecule has 0 aliphatic heterocycles. The van der Waals surface area contributed by atoms with E-state index in [4.69, 9.17) is 0 Å². The molecule has 3 aromatic rings. The van der Waals surface area contributed by atoms with Gasteiger partial charge in [0, 0.05) is 53.8 Å². The van der Waals surface area contributed by atoms with Crippen LogP contribution in [0.25, 0.3) is 10.8 Å². The fraction of sp³-hybridized carbons (Fsp3) is 0.190. The number of rotatable bonds is 7. The highest BCUT2D eigenvalue weighted by atomic mass is 79.9. The molecule has 0 saturated heterocycles. The van der Waals surface area contributed by atoms with E-state index in [0.29, 0.717) is 11.1 Å². The standard InChI is InChI=1S/C21H23BrN4O3S/c1-26(2)19-7-3-6-18-17(19)5-4-8-20(18)30(28,29)24-14-13-23-21(27)25-16-11-9-15(22)10-12-16/h3-12,24H,13-14H2,1-2H3,(H2,23,25,27). The minimum atomic E-state index is -3.74. The van der Waals surface area contributed by atoms with Crippen molar-refractivity contribution in [2.75, 3.05) is 37.4 Å². The third kappa shape index (κ3) is 5.29. The summed E-state index contributed by atoms with van der Waals surface area (Å²) in [5.74, 6) is 0. The van der Waals surface area contributed by atoms with Gasteiger partial charge in [-0.3, -0.25) is 0 Å². The van der Waals surface area contributed by atoms with Crippen molar-refractivity contribution in [3.05, 3.63) is 65.1 Å². The van der Waals surface area contributed by atoms with Gasteiger partial charge in [-0.25, -0.2) is 17.9 Å². The Morgan fingerprint density at radius 3 is 2.30 bits per heavy atom. The van der Waals surface area contributed by atoms with Crippen LogP contribution in [0.15, 0.2) is 70.0 Å². The van der Waals surface area contributed by atoms with Crippen molar-refractivity contribution in [2.45, 2.75) is 4.90 Å². The van der Waals surface area contributed by atoms with Crippen LogP contribution in [-0.2, 0) is 10.0 Å². The molecule has 0 atom stereocenters. The summed E-state index contributed by atoms with van der Waals surface area (Å²) in [4.78, 5) is 14.1. The molecule has 0 saturated carbocycles. The molecule has 0 unspecified atom stereocenters. The molecule has 7 nitrogen and oxygen atoms in total. The monoisotopic (exact) mass is 490 g/mol. The minimum absolute atomic E-state index is 0.0693. The van der Waals surface area contributed by atoms with Gasteiger partial charge in [0.1, 0.15) is 0 Å². The van der Waals surface area contributed by atoms with E-state index in [1.807, 2.05) is 49.3 Å². The van der Waals surface area contributed by atoms with Gasteiger partial charge in [0.15, 0.2) is 0 Å². The largest absolute Gasteiger partial charge is 0.377 e. The summed E-state index contributed by atoms with van der Waals surface area (Å²) in [5.41, 5.74) is 1.58. The Hall–Kier alpha value is -2.62. The highest BCUT2D eigenvalue weighted by Crippen LogP contribution is 2.30. The van der Waals surface area contributed by atoms with E-state index in [1.54, 1.807) is 30.3 Å². The Bertz CT molecular complexity index is 1150. The number of hydrogen-bond donors (Lipinski definition) is 3.